The van der Waals surface area contributed by atoms with Crippen molar-refractivity contribution in [3.63, 3.8) is 0 Å². The summed E-state index contributed by atoms with van der Waals surface area (Å²) < 4.78 is 1.77. The van der Waals surface area contributed by atoms with E-state index in [1.807, 2.05) is 72.8 Å². The van der Waals surface area contributed by atoms with E-state index < -0.39 is 0 Å². The lowest BCUT2D eigenvalue weighted by atomic mass is 10.1. The SMILES string of the molecule is CN(C(=O)c1ccccc1I)c1ccccc1N(C)C(=O)c1ccccc1I. The van der Waals surface area contributed by atoms with Gasteiger partial charge in [0.25, 0.3) is 11.8 Å². The van der Waals surface area contributed by atoms with Crippen molar-refractivity contribution in [2.75, 3.05) is 23.9 Å². The number of carbonyl (C=O) groups excluding carboxylic acids is 2. The average Bonchev–Trinajstić information content (AvgIpc) is 2.72. The topological polar surface area (TPSA) is 40.6 Å². The van der Waals surface area contributed by atoms with Gasteiger partial charge < -0.3 is 9.80 Å². The van der Waals surface area contributed by atoms with E-state index in [-0.39, 0.29) is 11.8 Å². The largest absolute Gasteiger partial charge is 0.309 e. The Kier molecular flexibility index (Phi) is 6.71. The van der Waals surface area contributed by atoms with Crippen molar-refractivity contribution >= 4 is 68.4 Å². The molecule has 2 amide bonds. The monoisotopic (exact) mass is 596 g/mol. The molecule has 0 N–H and O–H groups in total. The van der Waals surface area contributed by atoms with E-state index in [1.165, 1.54) is 0 Å². The number of para-hydroxylation sites is 2. The van der Waals surface area contributed by atoms with Crippen LogP contribution in [-0.4, -0.2) is 25.9 Å². The van der Waals surface area contributed by atoms with Crippen molar-refractivity contribution in [3.05, 3.63) is 91.1 Å². The molecule has 0 bridgehead atoms. The van der Waals surface area contributed by atoms with Gasteiger partial charge in [0.1, 0.15) is 0 Å². The van der Waals surface area contributed by atoms with E-state index in [2.05, 4.69) is 45.2 Å². The molecule has 3 aromatic rings. The molecular weight excluding hydrogens is 578 g/mol. The summed E-state index contributed by atoms with van der Waals surface area (Å²) in [5.41, 5.74) is 2.61. The molecule has 0 radical (unpaired) electrons. The Hall–Kier alpha value is -1.94. The van der Waals surface area contributed by atoms with Crippen LogP contribution >= 0.6 is 45.2 Å². The summed E-state index contributed by atoms with van der Waals surface area (Å²) in [7, 11) is 3.46. The molecule has 3 aromatic carbocycles. The van der Waals surface area contributed by atoms with Gasteiger partial charge in [0, 0.05) is 21.2 Å². The normalized spacial score (nSPS) is 10.4. The molecule has 0 saturated heterocycles. The van der Waals surface area contributed by atoms with Crippen LogP contribution in [0.25, 0.3) is 0 Å². The second-order valence-electron chi connectivity index (χ2n) is 6.18. The molecule has 0 heterocycles. The molecule has 0 aliphatic rings. The van der Waals surface area contributed by atoms with Crippen LogP contribution in [0.15, 0.2) is 72.8 Å². The van der Waals surface area contributed by atoms with Crippen molar-refractivity contribution in [1.82, 2.24) is 0 Å². The summed E-state index contributed by atoms with van der Waals surface area (Å²) in [5.74, 6) is -0.236. The van der Waals surface area contributed by atoms with Gasteiger partial charge >= 0.3 is 0 Å². The molecule has 4 nitrogen and oxygen atoms in total. The van der Waals surface area contributed by atoms with Crippen LogP contribution in [0.5, 0.6) is 0 Å². The number of hydrogen-bond acceptors (Lipinski definition) is 2. The second kappa shape index (κ2) is 9.04. The van der Waals surface area contributed by atoms with E-state index in [4.69, 9.17) is 0 Å². The number of nitrogens with zero attached hydrogens (tertiary/aromatic N) is 2. The Labute approximate surface area is 191 Å². The number of benzene rings is 3. The molecular formula is C22H18I2N2O2. The molecule has 0 aliphatic heterocycles. The summed E-state index contributed by atoms with van der Waals surface area (Å²) in [4.78, 5) is 29.3. The zero-order valence-corrected chi connectivity index (χ0v) is 19.7. The number of rotatable bonds is 4. The van der Waals surface area contributed by atoms with E-state index in [0.717, 1.165) is 7.14 Å². The molecule has 3 rings (SSSR count). The molecule has 142 valence electrons. The Morgan fingerprint density at radius 1 is 0.607 bits per heavy atom. The number of amides is 2. The molecule has 0 fully saturated rings. The summed E-state index contributed by atoms with van der Waals surface area (Å²) in [6.45, 7) is 0. The standard InChI is InChI=1S/C22H18I2N2O2/c1-25(21(27)15-9-3-5-11-17(15)23)19-13-7-8-14-20(19)26(2)22(28)16-10-4-6-12-18(16)24/h3-14H,1-2H3. The summed E-state index contributed by atoms with van der Waals surface area (Å²) in [6.07, 6.45) is 0. The van der Waals surface area contributed by atoms with Gasteiger partial charge in [-0.3, -0.25) is 9.59 Å². The van der Waals surface area contributed by atoms with Gasteiger partial charge in [0.2, 0.25) is 0 Å². The van der Waals surface area contributed by atoms with Gasteiger partial charge in [-0.2, -0.15) is 0 Å². The highest BCUT2D eigenvalue weighted by Gasteiger charge is 2.23. The first kappa shape index (κ1) is 20.8. The van der Waals surface area contributed by atoms with Gasteiger partial charge in [-0.05, 0) is 81.6 Å². The number of carbonyl (C=O) groups is 2. The average molecular weight is 596 g/mol. The third kappa shape index (κ3) is 4.22. The number of hydrogen-bond donors (Lipinski definition) is 0. The summed E-state index contributed by atoms with van der Waals surface area (Å²) >= 11 is 4.32. The van der Waals surface area contributed by atoms with Gasteiger partial charge in [-0.15, -0.1) is 0 Å². The summed E-state index contributed by atoms with van der Waals surface area (Å²) in [5, 5.41) is 0. The maximum atomic E-state index is 13.1. The molecule has 0 atom stereocenters. The first-order chi connectivity index (χ1) is 13.4. The zero-order chi connectivity index (χ0) is 20.3. The number of anilines is 2. The quantitative estimate of drug-likeness (QED) is 0.377. The van der Waals surface area contributed by atoms with E-state index >= 15 is 0 Å². The zero-order valence-electron chi connectivity index (χ0n) is 15.4. The van der Waals surface area contributed by atoms with Gasteiger partial charge in [0.15, 0.2) is 0 Å². The van der Waals surface area contributed by atoms with E-state index in [0.29, 0.717) is 22.5 Å². The van der Waals surface area contributed by atoms with Gasteiger partial charge in [-0.1, -0.05) is 36.4 Å². The van der Waals surface area contributed by atoms with Crippen LogP contribution in [0.3, 0.4) is 0 Å². The maximum Gasteiger partial charge on any atom is 0.259 e. The highest BCUT2D eigenvalue weighted by Crippen LogP contribution is 2.30. The van der Waals surface area contributed by atoms with Crippen LogP contribution in [0.4, 0.5) is 11.4 Å². The number of halogens is 2. The summed E-state index contributed by atoms with van der Waals surface area (Å²) in [6, 6.07) is 22.4. The lowest BCUT2D eigenvalue weighted by molar-refractivity contribution is 0.0980. The predicted octanol–water partition coefficient (Wildman–Crippen LogP) is 5.45. The Balaban J connectivity index is 1.97. The van der Waals surface area contributed by atoms with Crippen molar-refractivity contribution < 1.29 is 9.59 Å². The van der Waals surface area contributed by atoms with Crippen LogP contribution in [0.2, 0.25) is 0 Å². The first-order valence-corrected chi connectivity index (χ1v) is 10.7. The minimum absolute atomic E-state index is 0.118. The van der Waals surface area contributed by atoms with Crippen molar-refractivity contribution in [3.8, 4) is 0 Å². The highest BCUT2D eigenvalue weighted by molar-refractivity contribution is 14.1. The molecule has 0 unspecified atom stereocenters. The second-order valence-corrected chi connectivity index (χ2v) is 8.50. The first-order valence-electron chi connectivity index (χ1n) is 8.56. The molecule has 0 aliphatic carbocycles. The molecule has 0 spiro atoms. The van der Waals surface area contributed by atoms with Crippen molar-refractivity contribution in [1.29, 1.82) is 0 Å². The third-order valence-electron chi connectivity index (χ3n) is 4.42. The van der Waals surface area contributed by atoms with Gasteiger partial charge in [0.05, 0.1) is 22.5 Å². The fourth-order valence-corrected chi connectivity index (χ4v) is 4.12. The molecule has 28 heavy (non-hydrogen) atoms. The molecule has 6 heteroatoms. The van der Waals surface area contributed by atoms with Crippen molar-refractivity contribution in [2.45, 2.75) is 0 Å². The fourth-order valence-electron chi connectivity index (χ4n) is 2.88. The molecule has 0 saturated carbocycles. The Bertz CT molecular complexity index is 954. The minimum atomic E-state index is -0.118. The van der Waals surface area contributed by atoms with Gasteiger partial charge in [-0.25, -0.2) is 0 Å². The highest BCUT2D eigenvalue weighted by atomic mass is 127. The lowest BCUT2D eigenvalue weighted by Crippen LogP contribution is -2.32. The van der Waals surface area contributed by atoms with Crippen LogP contribution in [-0.2, 0) is 0 Å². The van der Waals surface area contributed by atoms with E-state index in [9.17, 15) is 9.59 Å². The van der Waals surface area contributed by atoms with E-state index in [1.54, 1.807) is 23.9 Å². The Morgan fingerprint density at radius 2 is 0.929 bits per heavy atom. The molecule has 0 aromatic heterocycles. The lowest BCUT2D eigenvalue weighted by Gasteiger charge is -2.26. The Morgan fingerprint density at radius 3 is 1.29 bits per heavy atom. The van der Waals surface area contributed by atoms with Crippen LogP contribution in [0.1, 0.15) is 20.7 Å². The smallest absolute Gasteiger partial charge is 0.259 e. The van der Waals surface area contributed by atoms with Crippen molar-refractivity contribution in [2.24, 2.45) is 0 Å². The minimum Gasteiger partial charge on any atom is -0.309 e. The van der Waals surface area contributed by atoms with Crippen LogP contribution < -0.4 is 9.80 Å². The fraction of sp³-hybridized carbons (Fsp3) is 0.0909. The predicted molar refractivity (Wildman–Crippen MR) is 130 cm³/mol. The maximum absolute atomic E-state index is 13.1. The third-order valence-corrected chi connectivity index (χ3v) is 6.30. The van der Waals surface area contributed by atoms with Crippen LogP contribution in [0, 0.1) is 7.14 Å².